The fraction of sp³-hybridized carbons (Fsp3) is 0.333. The first-order chi connectivity index (χ1) is 2.81. The van der Waals surface area contributed by atoms with Crippen LogP contribution < -0.4 is 35.3 Å². The predicted octanol–water partition coefficient (Wildman–Crippen LogP) is -2.81. The third kappa shape index (κ3) is 6.77. The van der Waals surface area contributed by atoms with E-state index in [1.807, 2.05) is 5.92 Å². The van der Waals surface area contributed by atoms with Gasteiger partial charge in [-0.25, -0.2) is 4.29 Å². The van der Waals surface area contributed by atoms with Crippen LogP contribution in [-0.4, -0.2) is 6.23 Å². The van der Waals surface area contributed by atoms with Gasteiger partial charge in [-0.1, -0.05) is 5.92 Å². The second-order valence-electron chi connectivity index (χ2n) is 0.676. The van der Waals surface area contributed by atoms with Crippen molar-refractivity contribution in [3.8, 4) is 12.3 Å². The van der Waals surface area contributed by atoms with Crippen LogP contribution in [0.25, 0.3) is 0 Å². The Morgan fingerprint density at radius 2 is 2.43 bits per heavy atom. The summed E-state index contributed by atoms with van der Waals surface area (Å²) in [5.74, 6) is 2.04. The smallest absolute Gasteiger partial charge is 1.00 e. The van der Waals surface area contributed by atoms with Crippen LogP contribution in [0.1, 0.15) is 1.43 Å². The van der Waals surface area contributed by atoms with Gasteiger partial charge in [0, 0.05) is 0 Å². The van der Waals surface area contributed by atoms with Gasteiger partial charge in [-0.2, -0.15) is 0 Å². The van der Waals surface area contributed by atoms with E-state index in [4.69, 9.17) is 12.2 Å². The quantitative estimate of drug-likeness (QED) is 0.236. The van der Waals surface area contributed by atoms with Crippen molar-refractivity contribution in [1.29, 1.82) is 0 Å². The van der Waals surface area contributed by atoms with Crippen molar-refractivity contribution in [2.24, 2.45) is 5.73 Å². The summed E-state index contributed by atoms with van der Waals surface area (Å²) in [6.45, 7) is 0. The second kappa shape index (κ2) is 6.77. The summed E-state index contributed by atoms with van der Waals surface area (Å²) in [4.78, 5) is 0. The fourth-order valence-corrected chi connectivity index (χ4v) is 0.0772. The molecule has 0 aromatic carbocycles. The summed E-state index contributed by atoms with van der Waals surface area (Å²) in [5, 5.41) is 0. The van der Waals surface area contributed by atoms with Crippen LogP contribution in [0.15, 0.2) is 0 Å². The second-order valence-corrected chi connectivity index (χ2v) is 0.855. The van der Waals surface area contributed by atoms with Gasteiger partial charge in [-0.15, -0.1) is 6.42 Å². The summed E-state index contributed by atoms with van der Waals surface area (Å²) in [7, 11) is 0. The molecule has 0 saturated heterocycles. The first kappa shape index (κ1) is 10.7. The van der Waals surface area contributed by atoms with E-state index in [0.29, 0.717) is 0 Å². The molecule has 7 heavy (non-hydrogen) atoms. The minimum atomic E-state index is -0.772. The summed E-state index contributed by atoms with van der Waals surface area (Å²) < 4.78 is 3.91. The van der Waals surface area contributed by atoms with Crippen LogP contribution in [0.4, 0.5) is 0 Å². The summed E-state index contributed by atoms with van der Waals surface area (Å²) >= 11 is 4.68. The molecule has 0 bridgehead atoms. The Kier molecular flexibility index (Phi) is 10.3. The zero-order valence-corrected chi connectivity index (χ0v) is 6.77. The maximum Gasteiger partial charge on any atom is 1.00 e. The Morgan fingerprint density at radius 3 is 2.43 bits per heavy atom. The zero-order chi connectivity index (χ0) is 4.99. The van der Waals surface area contributed by atoms with Crippen molar-refractivity contribution >= 4 is 11.9 Å². The van der Waals surface area contributed by atoms with Gasteiger partial charge in [0.25, 0.3) is 0 Å². The minimum Gasteiger partial charge on any atom is -1.00 e. The van der Waals surface area contributed by atoms with Gasteiger partial charge >= 0.3 is 29.6 Å². The zero-order valence-electron chi connectivity index (χ0n) is 5.02. The van der Waals surface area contributed by atoms with Crippen LogP contribution in [0.2, 0.25) is 0 Å². The first-order valence-corrected chi connectivity index (χ1v) is 1.61. The van der Waals surface area contributed by atoms with Gasteiger partial charge in [0.05, 0.1) is 11.9 Å². The van der Waals surface area contributed by atoms with E-state index >= 15 is 0 Å². The molecule has 0 aromatic rings. The molecule has 0 radical (unpaired) electrons. The summed E-state index contributed by atoms with van der Waals surface area (Å²) in [6, 6.07) is 0. The van der Waals surface area contributed by atoms with Gasteiger partial charge in [-0.3, -0.25) is 5.73 Å². The van der Waals surface area contributed by atoms with Crippen LogP contribution in [-0.2, 0) is 4.29 Å². The number of terminal acetylenes is 1. The molecular formula is C3H5ClNNaO. The van der Waals surface area contributed by atoms with E-state index in [1.165, 1.54) is 0 Å². The average Bonchev–Trinajstić information content (AvgIpc) is 1.65. The van der Waals surface area contributed by atoms with E-state index in [-0.39, 0.29) is 31.0 Å². The van der Waals surface area contributed by atoms with E-state index in [1.54, 1.807) is 0 Å². The maximum atomic E-state index is 4.88. The molecule has 0 fully saturated rings. The molecule has 0 saturated carbocycles. The molecule has 1 atom stereocenters. The van der Waals surface area contributed by atoms with Crippen molar-refractivity contribution in [1.82, 2.24) is 0 Å². The number of nitrogens with two attached hydrogens (primary N) is 1. The number of hydrogen-bond acceptors (Lipinski definition) is 2. The third-order valence-electron chi connectivity index (χ3n) is 0.260. The molecule has 0 aromatic heterocycles. The van der Waals surface area contributed by atoms with Crippen LogP contribution in [0.5, 0.6) is 0 Å². The molecule has 0 aliphatic heterocycles. The van der Waals surface area contributed by atoms with Gasteiger partial charge in [0.2, 0.25) is 0 Å². The van der Waals surface area contributed by atoms with E-state index in [2.05, 4.69) is 16.2 Å². The minimum absolute atomic E-state index is 0. The normalized spacial score (nSPS) is 11.0. The van der Waals surface area contributed by atoms with Crippen molar-refractivity contribution in [3.63, 3.8) is 0 Å². The summed E-state index contributed by atoms with van der Waals surface area (Å²) in [6.07, 6.45) is 3.93. The number of halogens is 1. The van der Waals surface area contributed by atoms with Crippen molar-refractivity contribution < 1.29 is 35.3 Å². The van der Waals surface area contributed by atoms with Gasteiger partial charge in [0.15, 0.2) is 6.23 Å². The van der Waals surface area contributed by atoms with Crippen LogP contribution in [0, 0.1) is 12.3 Å². The van der Waals surface area contributed by atoms with Crippen molar-refractivity contribution in [2.75, 3.05) is 0 Å². The maximum absolute atomic E-state index is 4.88. The SMILES string of the molecule is C#CC(N)OCl.[H-].[Na+]. The third-order valence-corrected chi connectivity index (χ3v) is 0.452. The van der Waals surface area contributed by atoms with Crippen LogP contribution in [0.3, 0.4) is 0 Å². The molecule has 36 valence electrons. The molecule has 0 heterocycles. The van der Waals surface area contributed by atoms with Crippen molar-refractivity contribution in [2.45, 2.75) is 6.23 Å². The molecule has 2 N–H and O–H groups in total. The molecule has 0 spiro atoms. The molecule has 2 nitrogen and oxygen atoms in total. The first-order valence-electron chi connectivity index (χ1n) is 1.30. The Hall–Kier alpha value is 0.770. The number of rotatable bonds is 1. The fourth-order valence-electron chi connectivity index (χ4n) is 0.0257. The van der Waals surface area contributed by atoms with Gasteiger partial charge < -0.3 is 1.43 Å². The molecule has 0 aliphatic carbocycles. The Labute approximate surface area is 71.3 Å². The van der Waals surface area contributed by atoms with E-state index < -0.39 is 6.23 Å². The van der Waals surface area contributed by atoms with Gasteiger partial charge in [-0.05, 0) is 0 Å². The monoisotopic (exact) mass is 129 g/mol. The standard InChI is InChI=1S/C3H4ClNO.Na.H/c1-2-3(5)6-4;;/h1,3H,5H2;;/q;+1;-1. The molecular weight excluding hydrogens is 124 g/mol. The Morgan fingerprint density at radius 1 is 2.00 bits per heavy atom. The Bertz CT molecular complexity index is 76.2. The molecule has 0 rings (SSSR count). The number of hydrogen-bond donors (Lipinski definition) is 1. The average molecular weight is 130 g/mol. The molecule has 0 amide bonds. The topological polar surface area (TPSA) is 35.2 Å². The van der Waals surface area contributed by atoms with Crippen LogP contribution >= 0.6 is 11.9 Å². The molecule has 4 heteroatoms. The predicted molar refractivity (Wildman–Crippen MR) is 24.9 cm³/mol. The summed E-state index contributed by atoms with van der Waals surface area (Å²) in [5.41, 5.74) is 4.88. The van der Waals surface area contributed by atoms with E-state index in [0.717, 1.165) is 0 Å². The van der Waals surface area contributed by atoms with Crippen molar-refractivity contribution in [3.05, 3.63) is 0 Å². The largest absolute Gasteiger partial charge is 1.00 e. The molecule has 1 unspecified atom stereocenters. The molecule has 0 aliphatic rings. The van der Waals surface area contributed by atoms with E-state index in [9.17, 15) is 0 Å². The van der Waals surface area contributed by atoms with Gasteiger partial charge in [0.1, 0.15) is 0 Å². The Balaban J connectivity index is -0.000000125.